The van der Waals surface area contributed by atoms with Gasteiger partial charge in [0.25, 0.3) is 0 Å². The molecule has 0 aliphatic heterocycles. The molecule has 1 aliphatic carbocycles. The number of rotatable bonds is 1. The summed E-state index contributed by atoms with van der Waals surface area (Å²) < 4.78 is 0.943. The van der Waals surface area contributed by atoms with Crippen molar-refractivity contribution in [2.45, 2.75) is 18.9 Å². The molecule has 3 heteroatoms. The minimum atomic E-state index is 0.514. The van der Waals surface area contributed by atoms with E-state index in [4.69, 9.17) is 0 Å². The fraction of sp³-hybridized carbons (Fsp3) is 0.444. The highest BCUT2D eigenvalue weighted by atomic mass is 79.9. The molecule has 0 bridgehead atoms. The predicted octanol–water partition coefficient (Wildman–Crippen LogP) is 2.05. The lowest BCUT2D eigenvalue weighted by molar-refractivity contribution is 0.590. The van der Waals surface area contributed by atoms with E-state index in [1.54, 1.807) is 0 Å². The van der Waals surface area contributed by atoms with Gasteiger partial charge in [-0.1, -0.05) is 6.07 Å². The van der Waals surface area contributed by atoms with Crippen LogP contribution in [0.4, 0.5) is 0 Å². The van der Waals surface area contributed by atoms with Gasteiger partial charge >= 0.3 is 0 Å². The zero-order valence-corrected chi connectivity index (χ0v) is 8.56. The maximum atomic E-state index is 4.43. The Balaban J connectivity index is 2.40. The molecule has 0 radical (unpaired) electrons. The third kappa shape index (κ3) is 1.27. The van der Waals surface area contributed by atoms with E-state index in [1.165, 1.54) is 17.7 Å². The van der Waals surface area contributed by atoms with Crippen LogP contribution in [0.1, 0.15) is 23.7 Å². The Morgan fingerprint density at radius 2 is 2.42 bits per heavy atom. The van der Waals surface area contributed by atoms with Crippen molar-refractivity contribution in [1.29, 1.82) is 0 Å². The van der Waals surface area contributed by atoms with E-state index in [1.807, 2.05) is 13.1 Å². The number of fused-ring (bicyclic) bond motifs is 1. The number of aryl methyl sites for hydroxylation is 1. The molecular weight excluding hydrogens is 216 g/mol. The highest BCUT2D eigenvalue weighted by Crippen LogP contribution is 2.30. The first-order chi connectivity index (χ1) is 5.81. The zero-order valence-electron chi connectivity index (χ0n) is 6.97. The molecule has 1 unspecified atom stereocenters. The largest absolute Gasteiger partial charge is 0.313 e. The second-order valence-corrected chi connectivity index (χ2v) is 3.86. The number of pyridine rings is 1. The first-order valence-corrected chi connectivity index (χ1v) is 4.93. The van der Waals surface area contributed by atoms with Gasteiger partial charge in [0.2, 0.25) is 0 Å². The average Bonchev–Trinajstić information content (AvgIpc) is 2.46. The van der Waals surface area contributed by atoms with Crippen LogP contribution in [0.15, 0.2) is 16.7 Å². The van der Waals surface area contributed by atoms with E-state index in [2.05, 4.69) is 32.3 Å². The van der Waals surface area contributed by atoms with Crippen LogP contribution in [0, 0.1) is 0 Å². The van der Waals surface area contributed by atoms with Crippen molar-refractivity contribution in [1.82, 2.24) is 10.3 Å². The number of nitrogens with one attached hydrogen (secondary N) is 1. The van der Waals surface area contributed by atoms with Crippen molar-refractivity contribution in [2.24, 2.45) is 0 Å². The Kier molecular flexibility index (Phi) is 2.15. The van der Waals surface area contributed by atoms with Gasteiger partial charge in [0.05, 0.1) is 0 Å². The quantitative estimate of drug-likeness (QED) is 0.742. The van der Waals surface area contributed by atoms with Crippen molar-refractivity contribution in [3.8, 4) is 0 Å². The molecule has 1 aromatic rings. The lowest BCUT2D eigenvalue weighted by atomic mass is 10.1. The third-order valence-electron chi connectivity index (χ3n) is 2.37. The first kappa shape index (κ1) is 8.20. The fourth-order valence-electron chi connectivity index (χ4n) is 1.74. The van der Waals surface area contributed by atoms with E-state index in [0.29, 0.717) is 6.04 Å². The topological polar surface area (TPSA) is 24.9 Å². The molecule has 0 saturated heterocycles. The fourth-order valence-corrected chi connectivity index (χ4v) is 2.09. The highest BCUT2D eigenvalue weighted by molar-refractivity contribution is 9.10. The molecular formula is C9H11BrN2. The van der Waals surface area contributed by atoms with Gasteiger partial charge in [-0.25, -0.2) is 4.98 Å². The molecule has 12 heavy (non-hydrogen) atoms. The molecule has 1 aliphatic rings. The van der Waals surface area contributed by atoms with Crippen LogP contribution in [0.3, 0.4) is 0 Å². The Labute approximate surface area is 80.5 Å². The summed E-state index contributed by atoms with van der Waals surface area (Å²) >= 11 is 3.38. The van der Waals surface area contributed by atoms with Gasteiger partial charge < -0.3 is 5.32 Å². The summed E-state index contributed by atoms with van der Waals surface area (Å²) in [6, 6.07) is 4.68. The Bertz CT molecular complexity index is 299. The second kappa shape index (κ2) is 3.15. The van der Waals surface area contributed by atoms with E-state index in [-0.39, 0.29) is 0 Å². The smallest absolute Gasteiger partial charge is 0.106 e. The Hall–Kier alpha value is -0.410. The SMILES string of the molecule is CNC1CCc2nc(Br)ccc21. The molecule has 2 nitrogen and oxygen atoms in total. The van der Waals surface area contributed by atoms with Gasteiger partial charge in [-0.3, -0.25) is 0 Å². The summed E-state index contributed by atoms with van der Waals surface area (Å²) in [5, 5.41) is 3.28. The molecule has 0 fully saturated rings. The lowest BCUT2D eigenvalue weighted by Crippen LogP contribution is -2.12. The minimum Gasteiger partial charge on any atom is -0.313 e. The molecule has 1 heterocycles. The van der Waals surface area contributed by atoms with Crippen LogP contribution < -0.4 is 5.32 Å². The second-order valence-electron chi connectivity index (χ2n) is 3.05. The summed E-state index contributed by atoms with van der Waals surface area (Å²) in [4.78, 5) is 4.43. The molecule has 1 aromatic heterocycles. The molecule has 0 amide bonds. The van der Waals surface area contributed by atoms with Gasteiger partial charge in [0.15, 0.2) is 0 Å². The third-order valence-corrected chi connectivity index (χ3v) is 2.81. The van der Waals surface area contributed by atoms with Crippen LogP contribution in [0.5, 0.6) is 0 Å². The van der Waals surface area contributed by atoms with Gasteiger partial charge in [-0.2, -0.15) is 0 Å². The van der Waals surface area contributed by atoms with Crippen molar-refractivity contribution in [2.75, 3.05) is 7.05 Å². The van der Waals surface area contributed by atoms with Gasteiger partial charge in [0, 0.05) is 11.7 Å². The van der Waals surface area contributed by atoms with Gasteiger partial charge in [0.1, 0.15) is 4.60 Å². The highest BCUT2D eigenvalue weighted by Gasteiger charge is 2.21. The molecule has 0 aromatic carbocycles. The number of halogens is 1. The van der Waals surface area contributed by atoms with Gasteiger partial charge in [-0.15, -0.1) is 0 Å². The van der Waals surface area contributed by atoms with Crippen molar-refractivity contribution in [3.63, 3.8) is 0 Å². The maximum Gasteiger partial charge on any atom is 0.106 e. The normalized spacial score (nSPS) is 21.0. The summed E-state index contributed by atoms with van der Waals surface area (Å²) in [6.45, 7) is 0. The summed E-state index contributed by atoms with van der Waals surface area (Å²) in [6.07, 6.45) is 2.27. The van der Waals surface area contributed by atoms with Crippen molar-refractivity contribution >= 4 is 15.9 Å². The van der Waals surface area contributed by atoms with Crippen molar-refractivity contribution in [3.05, 3.63) is 28.0 Å². The molecule has 1 N–H and O–H groups in total. The number of hydrogen-bond donors (Lipinski definition) is 1. The summed E-state index contributed by atoms with van der Waals surface area (Å²) in [7, 11) is 2.00. The van der Waals surface area contributed by atoms with E-state index < -0.39 is 0 Å². The number of hydrogen-bond acceptors (Lipinski definition) is 2. The first-order valence-electron chi connectivity index (χ1n) is 4.14. The van der Waals surface area contributed by atoms with Gasteiger partial charge in [-0.05, 0) is 47.4 Å². The Morgan fingerprint density at radius 1 is 1.58 bits per heavy atom. The number of nitrogens with zero attached hydrogens (tertiary/aromatic N) is 1. The molecule has 0 spiro atoms. The molecule has 0 saturated carbocycles. The van der Waals surface area contributed by atoms with Crippen LogP contribution in [0.2, 0.25) is 0 Å². The standard InChI is InChI=1S/C9H11BrN2/c1-11-7-3-4-8-6(7)2-5-9(10)12-8/h2,5,7,11H,3-4H2,1H3. The Morgan fingerprint density at radius 3 is 3.17 bits per heavy atom. The van der Waals surface area contributed by atoms with E-state index >= 15 is 0 Å². The van der Waals surface area contributed by atoms with Crippen LogP contribution in [-0.2, 0) is 6.42 Å². The summed E-state index contributed by atoms with van der Waals surface area (Å²) in [5.41, 5.74) is 2.60. The summed E-state index contributed by atoms with van der Waals surface area (Å²) in [5.74, 6) is 0. The predicted molar refractivity (Wildman–Crippen MR) is 52.1 cm³/mol. The maximum absolute atomic E-state index is 4.43. The van der Waals surface area contributed by atoms with Crippen LogP contribution in [0.25, 0.3) is 0 Å². The minimum absolute atomic E-state index is 0.514. The van der Waals surface area contributed by atoms with Crippen LogP contribution >= 0.6 is 15.9 Å². The van der Waals surface area contributed by atoms with Crippen molar-refractivity contribution < 1.29 is 0 Å². The molecule has 1 atom stereocenters. The van der Waals surface area contributed by atoms with E-state index in [9.17, 15) is 0 Å². The monoisotopic (exact) mass is 226 g/mol. The average molecular weight is 227 g/mol. The number of aromatic nitrogens is 1. The molecule has 2 rings (SSSR count). The van der Waals surface area contributed by atoms with E-state index in [0.717, 1.165) is 11.0 Å². The van der Waals surface area contributed by atoms with Crippen LogP contribution in [-0.4, -0.2) is 12.0 Å². The molecule has 64 valence electrons. The lowest BCUT2D eigenvalue weighted by Gasteiger charge is -2.08. The zero-order chi connectivity index (χ0) is 8.55.